The SMILES string of the molecule is CC(C)c1cc(-c2ccccc2)cc2c1oc1cc(-c3cc(C(C)(C)C)ccn3)[c-]cc12.[CH3][Ge]([CH3])([CH3])[c]1cnc(-c2[c-]cccc2)c2c1CCCC2.[Ir]. The predicted octanol–water partition coefficient (Wildman–Crippen LogP) is 12.5. The van der Waals surface area contributed by atoms with Crippen molar-refractivity contribution in [2.45, 2.75) is 88.9 Å². The molecule has 0 saturated heterocycles. The van der Waals surface area contributed by atoms with Crippen molar-refractivity contribution in [3.8, 4) is 33.6 Å². The predicted molar refractivity (Wildman–Crippen MR) is 222 cm³/mol. The van der Waals surface area contributed by atoms with E-state index in [1.165, 1.54) is 59.2 Å². The van der Waals surface area contributed by atoms with Gasteiger partial charge in [-0.1, -0.05) is 88.5 Å². The monoisotopic (exact) mass is 937 g/mol. The molecule has 1 aliphatic rings. The molecule has 0 amide bonds. The Morgan fingerprint density at radius 3 is 2.17 bits per heavy atom. The molecule has 273 valence electrons. The van der Waals surface area contributed by atoms with Gasteiger partial charge in [-0.25, -0.2) is 0 Å². The van der Waals surface area contributed by atoms with Gasteiger partial charge in [0.25, 0.3) is 0 Å². The van der Waals surface area contributed by atoms with E-state index in [0.29, 0.717) is 5.92 Å². The molecule has 0 fully saturated rings. The Morgan fingerprint density at radius 2 is 1.49 bits per heavy atom. The summed E-state index contributed by atoms with van der Waals surface area (Å²) in [5, 5.41) is 2.24. The molecule has 0 aliphatic heterocycles. The Morgan fingerprint density at radius 1 is 0.755 bits per heavy atom. The molecule has 4 aromatic carbocycles. The molecule has 1 radical (unpaired) electrons. The zero-order chi connectivity index (χ0) is 36.6. The second kappa shape index (κ2) is 15.9. The molecule has 53 heavy (non-hydrogen) atoms. The zero-order valence-electron chi connectivity index (χ0n) is 32.4. The number of furan rings is 1. The first-order chi connectivity index (χ1) is 24.9. The van der Waals surface area contributed by atoms with Gasteiger partial charge in [0.15, 0.2) is 0 Å². The molecule has 0 N–H and O–H groups in total. The van der Waals surface area contributed by atoms with Crippen LogP contribution in [0.2, 0.25) is 17.3 Å². The molecule has 0 bridgehead atoms. The van der Waals surface area contributed by atoms with E-state index in [4.69, 9.17) is 9.40 Å². The largest absolute Gasteiger partial charge is 0 e. The number of fused-ring (bicyclic) bond motifs is 4. The first-order valence-electron chi connectivity index (χ1n) is 18.8. The quantitative estimate of drug-likeness (QED) is 0.128. The molecule has 3 nitrogen and oxygen atoms in total. The van der Waals surface area contributed by atoms with Crippen molar-refractivity contribution >= 4 is 39.6 Å². The van der Waals surface area contributed by atoms with E-state index in [0.717, 1.165) is 38.8 Å². The fourth-order valence-corrected chi connectivity index (χ4v) is 10.9. The van der Waals surface area contributed by atoms with Crippen molar-refractivity contribution in [3.05, 3.63) is 138 Å². The summed E-state index contributed by atoms with van der Waals surface area (Å²) in [5.41, 5.74) is 14.2. The van der Waals surface area contributed by atoms with Gasteiger partial charge in [-0.2, -0.15) is 0 Å². The van der Waals surface area contributed by atoms with E-state index >= 15 is 0 Å². The van der Waals surface area contributed by atoms with Crippen LogP contribution >= 0.6 is 0 Å². The number of benzene rings is 4. The Bertz CT molecular complexity index is 2350. The van der Waals surface area contributed by atoms with Crippen LogP contribution < -0.4 is 4.40 Å². The van der Waals surface area contributed by atoms with Crippen LogP contribution in [0, 0.1) is 12.1 Å². The zero-order valence-corrected chi connectivity index (χ0v) is 36.8. The fourth-order valence-electron chi connectivity index (χ4n) is 7.43. The fraction of sp³-hybridized carbons (Fsp3) is 0.292. The molecule has 5 heteroatoms. The van der Waals surface area contributed by atoms with Crippen LogP contribution in [0.4, 0.5) is 0 Å². The second-order valence-corrected chi connectivity index (χ2v) is 27.2. The molecule has 7 aromatic rings. The molecule has 0 unspecified atom stereocenters. The number of pyridine rings is 2. The van der Waals surface area contributed by atoms with Crippen molar-refractivity contribution < 1.29 is 24.5 Å². The maximum atomic E-state index is 6.45. The van der Waals surface area contributed by atoms with Gasteiger partial charge in [0.05, 0.1) is 5.58 Å². The first kappa shape index (κ1) is 38.9. The normalized spacial score (nSPS) is 13.0. The minimum atomic E-state index is -1.83. The van der Waals surface area contributed by atoms with Crippen LogP contribution in [-0.4, -0.2) is 23.2 Å². The summed E-state index contributed by atoms with van der Waals surface area (Å²) in [4.78, 5) is 9.45. The number of rotatable bonds is 5. The Kier molecular flexibility index (Phi) is 11.6. The first-order valence-corrected chi connectivity index (χ1v) is 26.2. The molecular weight excluding hydrogens is 885 g/mol. The van der Waals surface area contributed by atoms with Gasteiger partial charge in [0, 0.05) is 26.3 Å². The van der Waals surface area contributed by atoms with E-state index in [-0.39, 0.29) is 25.5 Å². The van der Waals surface area contributed by atoms with Gasteiger partial charge < -0.3 is 9.40 Å². The van der Waals surface area contributed by atoms with Crippen LogP contribution in [0.3, 0.4) is 0 Å². The molecule has 0 atom stereocenters. The second-order valence-electron chi connectivity index (χ2n) is 16.6. The van der Waals surface area contributed by atoms with E-state index in [2.05, 4.69) is 154 Å². The van der Waals surface area contributed by atoms with Crippen molar-refractivity contribution in [2.75, 3.05) is 0 Å². The molecule has 3 heterocycles. The summed E-state index contributed by atoms with van der Waals surface area (Å²) >= 11 is -1.83. The minimum Gasteiger partial charge on any atom is 0 e. The number of hydrogen-bond acceptors (Lipinski definition) is 3. The van der Waals surface area contributed by atoms with Crippen molar-refractivity contribution in [1.29, 1.82) is 0 Å². The molecule has 8 rings (SSSR count). The van der Waals surface area contributed by atoms with Crippen LogP contribution in [0.15, 0.2) is 108 Å². The van der Waals surface area contributed by atoms with E-state index < -0.39 is 13.3 Å². The maximum Gasteiger partial charge on any atom is 0 e. The van der Waals surface area contributed by atoms with Gasteiger partial charge >= 0.3 is 125 Å². The maximum absolute atomic E-state index is 6.45. The summed E-state index contributed by atoms with van der Waals surface area (Å²) in [6, 6.07) is 38.5. The molecule has 0 saturated carbocycles. The Balaban J connectivity index is 0.000000197. The summed E-state index contributed by atoms with van der Waals surface area (Å²) in [6.45, 7) is 11.1. The third kappa shape index (κ3) is 8.31. The van der Waals surface area contributed by atoms with E-state index in [1.54, 1.807) is 9.96 Å². The number of aromatic nitrogens is 2. The standard InChI is InChI=1S/C30H28NO.C18H22GeN.Ir/c1-19(2)25-15-22(20-9-7-6-8-10-20)16-26-24-12-11-21(17-28(24)32-29(25)26)27-18-23(13-14-31-27)30(3,4)5;1-19(2,3)17-13-20-18(14-9-5-4-6-10-14)16-12-8-7-11-15(16)17;/h6-10,12-19H,1-5H3;4-6,9,13H,7-8,11-12H2,1-3H3;/q2*-1;. The van der Waals surface area contributed by atoms with Crippen LogP contribution in [0.1, 0.15) is 75.6 Å². The van der Waals surface area contributed by atoms with Crippen LogP contribution in [-0.2, 0) is 38.4 Å². The van der Waals surface area contributed by atoms with Crippen molar-refractivity contribution in [1.82, 2.24) is 9.97 Å². The average molecular weight is 936 g/mol. The summed E-state index contributed by atoms with van der Waals surface area (Å²) in [5.74, 6) is 7.77. The van der Waals surface area contributed by atoms with E-state index in [1.807, 2.05) is 18.3 Å². The van der Waals surface area contributed by atoms with Crippen LogP contribution in [0.5, 0.6) is 0 Å². The molecular formula is C48H50GeIrN2O-2. The molecule has 3 aromatic heterocycles. The van der Waals surface area contributed by atoms with E-state index in [9.17, 15) is 0 Å². The van der Waals surface area contributed by atoms with Gasteiger partial charge in [-0.05, 0) is 56.8 Å². The van der Waals surface area contributed by atoms with Gasteiger partial charge in [-0.15, -0.1) is 17.7 Å². The van der Waals surface area contributed by atoms with Gasteiger partial charge in [0.2, 0.25) is 0 Å². The van der Waals surface area contributed by atoms with Gasteiger partial charge in [-0.3, -0.25) is 0 Å². The number of hydrogen-bond donors (Lipinski definition) is 0. The topological polar surface area (TPSA) is 38.9 Å². The smallest absolute Gasteiger partial charge is 0 e. The molecule has 0 spiro atoms. The van der Waals surface area contributed by atoms with Crippen molar-refractivity contribution in [2.24, 2.45) is 0 Å². The van der Waals surface area contributed by atoms with Crippen molar-refractivity contribution in [3.63, 3.8) is 0 Å². The third-order valence-electron chi connectivity index (χ3n) is 10.3. The van der Waals surface area contributed by atoms with Crippen LogP contribution in [0.25, 0.3) is 55.6 Å². The summed E-state index contributed by atoms with van der Waals surface area (Å²) in [6.07, 6.45) is 9.13. The summed E-state index contributed by atoms with van der Waals surface area (Å²) < 4.78 is 8.06. The Labute approximate surface area is 332 Å². The third-order valence-corrected chi connectivity index (χ3v) is 14.6. The summed E-state index contributed by atoms with van der Waals surface area (Å²) in [7, 11) is 0. The molecule has 1 aliphatic carbocycles. The minimum absolute atomic E-state index is 0. The van der Waals surface area contributed by atoms with Gasteiger partial charge in [0.1, 0.15) is 5.58 Å². The average Bonchev–Trinajstić information content (AvgIpc) is 3.52. The Hall–Kier alpha value is -3.83. The number of nitrogens with zero attached hydrogens (tertiary/aromatic N) is 2.